The lowest BCUT2D eigenvalue weighted by molar-refractivity contribution is -0.122. The Labute approximate surface area is 212 Å². The van der Waals surface area contributed by atoms with Crippen molar-refractivity contribution in [3.05, 3.63) is 59.7 Å². The Morgan fingerprint density at radius 1 is 0.972 bits per heavy atom. The zero-order valence-corrected chi connectivity index (χ0v) is 21.5. The number of hydrogen-bond donors (Lipinski definition) is 0. The van der Waals surface area contributed by atoms with Crippen molar-refractivity contribution in [2.75, 3.05) is 11.5 Å². The number of sulfonamides is 1. The van der Waals surface area contributed by atoms with Crippen molar-refractivity contribution in [3.63, 3.8) is 0 Å². The summed E-state index contributed by atoms with van der Waals surface area (Å²) in [6.45, 7) is 3.82. The second-order valence-electron chi connectivity index (χ2n) is 9.35. The van der Waals surface area contributed by atoms with E-state index in [1.54, 1.807) is 31.2 Å². The molecule has 1 aliphatic carbocycles. The number of aryl methyl sites for hydroxylation is 1. The minimum Gasteiger partial charge on any atom is -0.462 e. The highest BCUT2D eigenvalue weighted by Crippen LogP contribution is 2.35. The molecule has 2 aromatic rings. The molecule has 2 aliphatic rings. The number of rotatable bonds is 7. The van der Waals surface area contributed by atoms with E-state index in [1.807, 2.05) is 6.92 Å². The largest absolute Gasteiger partial charge is 0.462 e. The average molecular weight is 513 g/mol. The van der Waals surface area contributed by atoms with Crippen molar-refractivity contribution in [3.8, 4) is 0 Å². The van der Waals surface area contributed by atoms with Crippen LogP contribution in [0, 0.1) is 6.92 Å². The molecular formula is C27H32N2O6S. The van der Waals surface area contributed by atoms with E-state index in [4.69, 9.17) is 4.74 Å². The maximum atomic E-state index is 13.9. The number of ether oxygens (including phenoxy) is 1. The summed E-state index contributed by atoms with van der Waals surface area (Å²) in [6, 6.07) is 11.1. The van der Waals surface area contributed by atoms with Crippen LogP contribution in [0.2, 0.25) is 0 Å². The van der Waals surface area contributed by atoms with Gasteiger partial charge in [-0.3, -0.25) is 9.59 Å². The van der Waals surface area contributed by atoms with Crippen molar-refractivity contribution in [1.82, 2.24) is 4.31 Å². The van der Waals surface area contributed by atoms with Gasteiger partial charge < -0.3 is 4.74 Å². The van der Waals surface area contributed by atoms with Crippen LogP contribution in [0.25, 0.3) is 0 Å². The Morgan fingerprint density at radius 2 is 1.58 bits per heavy atom. The van der Waals surface area contributed by atoms with Gasteiger partial charge in [-0.2, -0.15) is 4.31 Å². The van der Waals surface area contributed by atoms with Crippen LogP contribution < -0.4 is 4.90 Å². The van der Waals surface area contributed by atoms with E-state index in [1.165, 1.54) is 28.6 Å². The van der Waals surface area contributed by atoms with Gasteiger partial charge in [0.25, 0.3) is 5.91 Å². The number of imide groups is 1. The monoisotopic (exact) mass is 512 g/mol. The van der Waals surface area contributed by atoms with E-state index < -0.39 is 33.8 Å². The molecule has 2 amide bonds. The molecular weight excluding hydrogens is 480 g/mol. The number of hydrogen-bond acceptors (Lipinski definition) is 6. The van der Waals surface area contributed by atoms with Gasteiger partial charge in [-0.1, -0.05) is 43.4 Å². The lowest BCUT2D eigenvalue weighted by Gasteiger charge is -2.33. The third kappa shape index (κ3) is 5.22. The number of carbonyl (C=O) groups is 3. The number of anilines is 1. The molecule has 1 atom stereocenters. The summed E-state index contributed by atoms with van der Waals surface area (Å²) in [4.78, 5) is 39.8. The summed E-state index contributed by atoms with van der Waals surface area (Å²) in [6.07, 6.45) is 4.86. The van der Waals surface area contributed by atoms with E-state index in [-0.39, 0.29) is 24.0 Å². The Hall–Kier alpha value is -3.04. The van der Waals surface area contributed by atoms with Crippen LogP contribution in [0.4, 0.5) is 5.69 Å². The van der Waals surface area contributed by atoms with E-state index in [2.05, 4.69) is 0 Å². The first-order valence-electron chi connectivity index (χ1n) is 12.5. The highest BCUT2D eigenvalue weighted by atomic mass is 32.2. The van der Waals surface area contributed by atoms with E-state index >= 15 is 0 Å². The van der Waals surface area contributed by atoms with Crippen LogP contribution >= 0.6 is 0 Å². The first-order chi connectivity index (χ1) is 17.2. The molecule has 4 rings (SSSR count). The highest BCUT2D eigenvalue weighted by Gasteiger charge is 2.49. The molecule has 9 heteroatoms. The molecule has 0 radical (unpaired) electrons. The summed E-state index contributed by atoms with van der Waals surface area (Å²) < 4.78 is 34.1. The first kappa shape index (κ1) is 26.0. The van der Waals surface area contributed by atoms with Gasteiger partial charge in [0.2, 0.25) is 15.9 Å². The summed E-state index contributed by atoms with van der Waals surface area (Å²) >= 11 is 0. The Balaban J connectivity index is 1.68. The minimum atomic E-state index is -4.03. The summed E-state index contributed by atoms with van der Waals surface area (Å²) in [7, 11) is -4.03. The van der Waals surface area contributed by atoms with Gasteiger partial charge in [0.05, 0.1) is 29.2 Å². The van der Waals surface area contributed by atoms with Crippen LogP contribution in [0.15, 0.2) is 53.4 Å². The SMILES string of the molecule is CCOC(=O)c1ccc(N2C(=O)CC(N(C3CCCCCC3)S(=O)(=O)c3ccc(C)cc3)C2=O)cc1. The van der Waals surface area contributed by atoms with Gasteiger partial charge in [0, 0.05) is 6.04 Å². The quantitative estimate of drug-likeness (QED) is 0.313. The van der Waals surface area contributed by atoms with Crippen molar-refractivity contribution < 1.29 is 27.5 Å². The standard InChI is InChI=1S/C27H32N2O6S/c1-3-35-27(32)20-12-14-21(15-13-20)28-25(30)18-24(26(28)31)29(22-8-6-4-5-7-9-22)36(33,34)23-16-10-19(2)11-17-23/h10-17,22,24H,3-9,18H2,1-2H3. The van der Waals surface area contributed by atoms with Gasteiger partial charge in [-0.05, 0) is 63.1 Å². The van der Waals surface area contributed by atoms with Crippen LogP contribution in [-0.2, 0) is 24.3 Å². The van der Waals surface area contributed by atoms with Crippen molar-refractivity contribution >= 4 is 33.5 Å². The fourth-order valence-corrected chi connectivity index (χ4v) is 6.84. The molecule has 36 heavy (non-hydrogen) atoms. The molecule has 0 bridgehead atoms. The van der Waals surface area contributed by atoms with Crippen LogP contribution in [-0.4, -0.2) is 49.2 Å². The molecule has 1 heterocycles. The van der Waals surface area contributed by atoms with Gasteiger partial charge in [0.1, 0.15) is 6.04 Å². The number of esters is 1. The lowest BCUT2D eigenvalue weighted by atomic mass is 10.1. The number of carbonyl (C=O) groups excluding carboxylic acids is 3. The summed E-state index contributed by atoms with van der Waals surface area (Å²) in [5.41, 5.74) is 1.53. The van der Waals surface area contributed by atoms with Crippen molar-refractivity contribution in [1.29, 1.82) is 0 Å². The Kier molecular flexibility index (Phi) is 7.90. The van der Waals surface area contributed by atoms with E-state index in [0.29, 0.717) is 24.1 Å². The van der Waals surface area contributed by atoms with Crippen molar-refractivity contribution in [2.24, 2.45) is 0 Å². The summed E-state index contributed by atoms with van der Waals surface area (Å²) in [5, 5.41) is 0. The van der Waals surface area contributed by atoms with Crippen LogP contribution in [0.1, 0.15) is 67.8 Å². The number of amides is 2. The van der Waals surface area contributed by atoms with Crippen LogP contribution in [0.5, 0.6) is 0 Å². The fourth-order valence-electron chi connectivity index (χ4n) is 5.01. The first-order valence-corrected chi connectivity index (χ1v) is 13.9. The summed E-state index contributed by atoms with van der Waals surface area (Å²) in [5.74, 6) is -1.53. The molecule has 192 valence electrons. The molecule has 2 fully saturated rings. The lowest BCUT2D eigenvalue weighted by Crippen LogP contribution is -2.50. The predicted octanol–water partition coefficient (Wildman–Crippen LogP) is 4.22. The molecule has 2 aromatic carbocycles. The second kappa shape index (κ2) is 10.9. The smallest absolute Gasteiger partial charge is 0.338 e. The molecule has 0 spiro atoms. The molecule has 1 saturated heterocycles. The Bertz CT molecular complexity index is 1220. The molecule has 1 saturated carbocycles. The van der Waals surface area contributed by atoms with Gasteiger partial charge in [0.15, 0.2) is 0 Å². The van der Waals surface area contributed by atoms with Gasteiger partial charge in [-0.15, -0.1) is 0 Å². The average Bonchev–Trinajstić information content (AvgIpc) is 3.01. The maximum Gasteiger partial charge on any atom is 0.338 e. The maximum absolute atomic E-state index is 13.9. The van der Waals surface area contributed by atoms with Crippen LogP contribution in [0.3, 0.4) is 0 Å². The zero-order chi connectivity index (χ0) is 25.9. The van der Waals surface area contributed by atoms with Gasteiger partial charge >= 0.3 is 5.97 Å². The molecule has 1 unspecified atom stereocenters. The number of nitrogens with zero attached hydrogens (tertiary/aromatic N) is 2. The van der Waals surface area contributed by atoms with Crippen molar-refractivity contribution in [2.45, 2.75) is 75.8 Å². The minimum absolute atomic E-state index is 0.120. The fraction of sp³-hybridized carbons (Fsp3) is 0.444. The third-order valence-corrected chi connectivity index (χ3v) is 8.82. The molecule has 1 aliphatic heterocycles. The zero-order valence-electron chi connectivity index (χ0n) is 20.7. The molecule has 0 N–H and O–H groups in total. The third-order valence-electron chi connectivity index (χ3n) is 6.85. The molecule has 0 aromatic heterocycles. The second-order valence-corrected chi connectivity index (χ2v) is 11.2. The number of benzene rings is 2. The molecule has 8 nitrogen and oxygen atoms in total. The topological polar surface area (TPSA) is 101 Å². The van der Waals surface area contributed by atoms with E-state index in [0.717, 1.165) is 36.1 Å². The predicted molar refractivity (Wildman–Crippen MR) is 135 cm³/mol. The van der Waals surface area contributed by atoms with E-state index in [9.17, 15) is 22.8 Å². The van der Waals surface area contributed by atoms with Gasteiger partial charge in [-0.25, -0.2) is 18.1 Å². The highest BCUT2D eigenvalue weighted by molar-refractivity contribution is 7.89. The Morgan fingerprint density at radius 3 is 2.17 bits per heavy atom. The normalized spacial score (nSPS) is 19.5.